The maximum absolute atomic E-state index is 13.0. The molecule has 1 aromatic carbocycles. The molecule has 8 heteroatoms. The number of rotatable bonds is 6. The van der Waals surface area contributed by atoms with E-state index in [2.05, 4.69) is 17.1 Å². The van der Waals surface area contributed by atoms with Gasteiger partial charge in [-0.05, 0) is 36.9 Å². The molecule has 3 heterocycles. The van der Waals surface area contributed by atoms with Crippen molar-refractivity contribution in [1.29, 1.82) is 0 Å². The van der Waals surface area contributed by atoms with E-state index in [9.17, 15) is 4.79 Å². The van der Waals surface area contributed by atoms with Gasteiger partial charge in [-0.2, -0.15) is 4.98 Å². The third kappa shape index (κ3) is 3.54. The molecule has 27 heavy (non-hydrogen) atoms. The van der Waals surface area contributed by atoms with Gasteiger partial charge in [0.25, 0.3) is 5.56 Å². The van der Waals surface area contributed by atoms with Crippen molar-refractivity contribution in [1.82, 2.24) is 19.7 Å². The van der Waals surface area contributed by atoms with Crippen LogP contribution in [0.5, 0.6) is 0 Å². The van der Waals surface area contributed by atoms with Crippen LogP contribution >= 0.6 is 23.1 Å². The second-order valence-electron chi connectivity index (χ2n) is 6.12. The number of thiophene rings is 1. The molecule has 4 rings (SSSR count). The Hall–Kier alpha value is -2.45. The molecule has 4 aromatic rings. The molecule has 0 N–H and O–H groups in total. The van der Waals surface area contributed by atoms with Crippen LogP contribution in [0.25, 0.3) is 21.6 Å². The molecule has 6 nitrogen and oxygen atoms in total. The fourth-order valence-electron chi connectivity index (χ4n) is 2.74. The minimum Gasteiger partial charge on any atom is -0.338 e. The van der Waals surface area contributed by atoms with Crippen molar-refractivity contribution in [2.75, 3.05) is 0 Å². The summed E-state index contributed by atoms with van der Waals surface area (Å²) in [6, 6.07) is 11.4. The Morgan fingerprint density at radius 1 is 1.22 bits per heavy atom. The molecule has 0 saturated heterocycles. The topological polar surface area (TPSA) is 73.8 Å². The number of benzene rings is 1. The SMILES string of the molecule is CC[C@H](C)n1c(SCc2nc(-c3cccs3)no2)nc2ccccc2c1=O. The van der Waals surface area contributed by atoms with E-state index in [4.69, 9.17) is 9.51 Å². The molecule has 0 aliphatic heterocycles. The highest BCUT2D eigenvalue weighted by atomic mass is 32.2. The Balaban J connectivity index is 1.66. The molecule has 3 aromatic heterocycles. The van der Waals surface area contributed by atoms with Gasteiger partial charge in [0.15, 0.2) is 5.16 Å². The summed E-state index contributed by atoms with van der Waals surface area (Å²) in [4.78, 5) is 23.1. The Morgan fingerprint density at radius 2 is 2.07 bits per heavy atom. The summed E-state index contributed by atoms with van der Waals surface area (Å²) in [5, 5.41) is 7.32. The molecule has 0 aliphatic rings. The highest BCUT2D eigenvalue weighted by Gasteiger charge is 2.17. The number of fused-ring (bicyclic) bond motifs is 1. The molecule has 0 aliphatic carbocycles. The maximum Gasteiger partial charge on any atom is 0.262 e. The van der Waals surface area contributed by atoms with Gasteiger partial charge in [0.05, 0.1) is 21.5 Å². The van der Waals surface area contributed by atoms with E-state index in [1.165, 1.54) is 11.8 Å². The number of aromatic nitrogens is 4. The fraction of sp³-hybridized carbons (Fsp3) is 0.263. The number of hydrogen-bond donors (Lipinski definition) is 0. The van der Waals surface area contributed by atoms with E-state index in [1.807, 2.05) is 48.7 Å². The summed E-state index contributed by atoms with van der Waals surface area (Å²) in [7, 11) is 0. The van der Waals surface area contributed by atoms with Crippen molar-refractivity contribution in [3.63, 3.8) is 0 Å². The summed E-state index contributed by atoms with van der Waals surface area (Å²) in [5.74, 6) is 1.56. The summed E-state index contributed by atoms with van der Waals surface area (Å²) in [6.07, 6.45) is 0.844. The minimum absolute atomic E-state index is 0.0118. The lowest BCUT2D eigenvalue weighted by atomic mass is 10.2. The van der Waals surface area contributed by atoms with Crippen molar-refractivity contribution in [3.05, 3.63) is 58.0 Å². The van der Waals surface area contributed by atoms with Gasteiger partial charge in [-0.25, -0.2) is 4.98 Å². The van der Waals surface area contributed by atoms with Crippen molar-refractivity contribution < 1.29 is 4.52 Å². The summed E-state index contributed by atoms with van der Waals surface area (Å²) in [5.41, 5.74) is 0.691. The molecule has 138 valence electrons. The van der Waals surface area contributed by atoms with Gasteiger partial charge in [-0.15, -0.1) is 11.3 Å². The normalized spacial score (nSPS) is 12.5. The van der Waals surface area contributed by atoms with Gasteiger partial charge >= 0.3 is 0 Å². The Bertz CT molecular complexity index is 1120. The highest BCUT2D eigenvalue weighted by molar-refractivity contribution is 7.98. The van der Waals surface area contributed by atoms with Crippen molar-refractivity contribution in [3.8, 4) is 10.7 Å². The second-order valence-corrected chi connectivity index (χ2v) is 8.01. The van der Waals surface area contributed by atoms with Crippen LogP contribution in [0.4, 0.5) is 0 Å². The summed E-state index contributed by atoms with van der Waals surface area (Å²) in [6.45, 7) is 4.09. The lowest BCUT2D eigenvalue weighted by Crippen LogP contribution is -2.26. The van der Waals surface area contributed by atoms with Crippen LogP contribution in [0, 0.1) is 0 Å². The van der Waals surface area contributed by atoms with Gasteiger partial charge < -0.3 is 4.52 Å². The summed E-state index contributed by atoms with van der Waals surface area (Å²) < 4.78 is 7.13. The molecular weight excluding hydrogens is 380 g/mol. The van der Waals surface area contributed by atoms with Gasteiger partial charge in [0.2, 0.25) is 11.7 Å². The minimum atomic E-state index is -0.0118. The lowest BCUT2D eigenvalue weighted by Gasteiger charge is -2.17. The quantitative estimate of drug-likeness (QED) is 0.344. The zero-order valence-corrected chi connectivity index (χ0v) is 16.6. The van der Waals surface area contributed by atoms with Gasteiger partial charge in [-0.1, -0.05) is 42.0 Å². The molecule has 0 saturated carbocycles. The number of nitrogens with zero attached hydrogens (tertiary/aromatic N) is 4. The van der Waals surface area contributed by atoms with E-state index in [1.54, 1.807) is 15.9 Å². The van der Waals surface area contributed by atoms with Crippen LogP contribution in [0.3, 0.4) is 0 Å². The third-order valence-electron chi connectivity index (χ3n) is 4.34. The van der Waals surface area contributed by atoms with E-state index >= 15 is 0 Å². The van der Waals surface area contributed by atoms with E-state index in [0.29, 0.717) is 33.5 Å². The zero-order chi connectivity index (χ0) is 18.8. The number of thioether (sulfide) groups is 1. The smallest absolute Gasteiger partial charge is 0.262 e. The average molecular weight is 399 g/mol. The standard InChI is InChI=1S/C19H18N4O2S2/c1-3-12(2)23-18(24)13-7-4-5-8-14(13)20-19(23)27-11-16-21-17(22-25-16)15-9-6-10-26-15/h4-10,12H,3,11H2,1-2H3/t12-/m0/s1. The van der Waals surface area contributed by atoms with Crippen molar-refractivity contribution >= 4 is 34.0 Å². The van der Waals surface area contributed by atoms with Crippen LogP contribution in [0.2, 0.25) is 0 Å². The molecule has 0 bridgehead atoms. The molecule has 0 radical (unpaired) electrons. The van der Waals surface area contributed by atoms with E-state index < -0.39 is 0 Å². The zero-order valence-electron chi connectivity index (χ0n) is 15.0. The molecule has 0 fully saturated rings. The van der Waals surface area contributed by atoms with Crippen LogP contribution in [0.1, 0.15) is 32.2 Å². The molecule has 1 atom stereocenters. The van der Waals surface area contributed by atoms with Gasteiger partial charge in [0, 0.05) is 6.04 Å². The largest absolute Gasteiger partial charge is 0.338 e. The molecule has 0 spiro atoms. The first kappa shape index (κ1) is 17.9. The van der Waals surface area contributed by atoms with E-state index in [-0.39, 0.29) is 11.6 Å². The van der Waals surface area contributed by atoms with Crippen LogP contribution in [-0.4, -0.2) is 19.7 Å². The van der Waals surface area contributed by atoms with Gasteiger partial charge in [-0.3, -0.25) is 9.36 Å². The first-order valence-corrected chi connectivity index (χ1v) is 10.5. The number of para-hydroxylation sites is 1. The van der Waals surface area contributed by atoms with Crippen molar-refractivity contribution in [2.45, 2.75) is 37.2 Å². The lowest BCUT2D eigenvalue weighted by molar-refractivity contribution is 0.391. The Labute approximate surface area is 164 Å². The summed E-state index contributed by atoms with van der Waals surface area (Å²) >= 11 is 3.01. The third-order valence-corrected chi connectivity index (χ3v) is 6.14. The van der Waals surface area contributed by atoms with Gasteiger partial charge in [0.1, 0.15) is 0 Å². The Kier molecular flexibility index (Phi) is 5.09. The van der Waals surface area contributed by atoms with Crippen LogP contribution in [-0.2, 0) is 5.75 Å². The first-order valence-electron chi connectivity index (χ1n) is 8.68. The monoisotopic (exact) mass is 398 g/mol. The molecular formula is C19H18N4O2S2. The molecule has 0 amide bonds. The highest BCUT2D eigenvalue weighted by Crippen LogP contribution is 2.27. The fourth-order valence-corrected chi connectivity index (χ4v) is 4.33. The predicted octanol–water partition coefficient (Wildman–Crippen LogP) is 4.77. The van der Waals surface area contributed by atoms with Crippen molar-refractivity contribution in [2.24, 2.45) is 0 Å². The predicted molar refractivity (Wildman–Crippen MR) is 108 cm³/mol. The van der Waals surface area contributed by atoms with Crippen LogP contribution in [0.15, 0.2) is 56.3 Å². The average Bonchev–Trinajstić information content (AvgIpc) is 3.37. The Morgan fingerprint density at radius 3 is 2.85 bits per heavy atom. The first-order chi connectivity index (χ1) is 13.2. The maximum atomic E-state index is 13.0. The second kappa shape index (κ2) is 7.66. The van der Waals surface area contributed by atoms with Crippen LogP contribution < -0.4 is 5.56 Å². The van der Waals surface area contributed by atoms with E-state index in [0.717, 1.165) is 11.3 Å². The molecule has 0 unspecified atom stereocenters. The number of hydrogen-bond acceptors (Lipinski definition) is 7.